The molecule has 2 aromatic heterocycles. The second-order valence-electron chi connectivity index (χ2n) is 10.7. The van der Waals surface area contributed by atoms with Gasteiger partial charge in [-0.3, -0.25) is 0 Å². The van der Waals surface area contributed by atoms with Gasteiger partial charge in [0.05, 0.1) is 29.7 Å². The summed E-state index contributed by atoms with van der Waals surface area (Å²) in [6.07, 6.45) is 5.63. The fourth-order valence-corrected chi connectivity index (χ4v) is 5.92. The number of ether oxygens (including phenoxy) is 2. The molecule has 3 aliphatic heterocycles. The highest BCUT2D eigenvalue weighted by atomic mass is 19.1. The Balaban J connectivity index is 1.22. The SMILES string of the molecule is CN(c1cnc(-c2ccc(-c3cnc4c(n3)OCCO4)cc2O)nn1)[C@H]1C[C@]2(C)CCC[C@@](C)(N2)[C@H]1F. The standard InChI is InChI=1S/C26H30FN7O3/c1-25-7-4-8-26(2,33-25)21(27)18(12-25)34(3)20-14-28-22(32-31-20)16-6-5-15(11-19(16)35)17-13-29-23-24(30-17)37-10-9-36-23/h5-6,11,13-14,18,21,33,35H,4,7-10,12H2,1-3H3/t18-,21-,25-,26+/m0/s1. The summed E-state index contributed by atoms with van der Waals surface area (Å²) < 4.78 is 26.6. The summed E-state index contributed by atoms with van der Waals surface area (Å²) in [4.78, 5) is 15.0. The number of phenols is 1. The van der Waals surface area contributed by atoms with Crippen LogP contribution in [0.3, 0.4) is 0 Å². The van der Waals surface area contributed by atoms with Crippen molar-refractivity contribution in [3.8, 4) is 40.2 Å². The Hall–Kier alpha value is -3.60. The molecule has 2 saturated heterocycles. The van der Waals surface area contributed by atoms with Crippen LogP contribution in [0.15, 0.2) is 30.6 Å². The summed E-state index contributed by atoms with van der Waals surface area (Å²) in [6.45, 7) is 5.00. The van der Waals surface area contributed by atoms with E-state index in [1.54, 1.807) is 30.6 Å². The number of aromatic nitrogens is 5. The van der Waals surface area contributed by atoms with Crippen molar-refractivity contribution < 1.29 is 19.0 Å². The Morgan fingerprint density at radius 2 is 1.89 bits per heavy atom. The summed E-state index contributed by atoms with van der Waals surface area (Å²) in [5.74, 6) is 1.43. The molecule has 4 atom stereocenters. The summed E-state index contributed by atoms with van der Waals surface area (Å²) >= 11 is 0. The zero-order chi connectivity index (χ0) is 25.8. The van der Waals surface area contributed by atoms with Gasteiger partial charge in [-0.25, -0.2) is 19.3 Å². The molecule has 0 aliphatic carbocycles. The molecule has 3 aliphatic rings. The maximum Gasteiger partial charge on any atom is 0.278 e. The fraction of sp³-hybridized carbons (Fsp3) is 0.500. The number of halogens is 1. The smallest absolute Gasteiger partial charge is 0.278 e. The molecule has 2 bridgehead atoms. The number of rotatable bonds is 4. The average Bonchev–Trinajstić information content (AvgIpc) is 2.90. The third-order valence-corrected chi connectivity index (χ3v) is 7.83. The van der Waals surface area contributed by atoms with Gasteiger partial charge in [0.15, 0.2) is 11.6 Å². The van der Waals surface area contributed by atoms with Crippen LogP contribution in [-0.2, 0) is 0 Å². The van der Waals surface area contributed by atoms with E-state index < -0.39 is 11.7 Å². The molecule has 3 aromatic rings. The quantitative estimate of drug-likeness (QED) is 0.544. The van der Waals surface area contributed by atoms with Crippen molar-refractivity contribution in [3.63, 3.8) is 0 Å². The van der Waals surface area contributed by atoms with Crippen LogP contribution in [-0.4, -0.2) is 73.8 Å². The van der Waals surface area contributed by atoms with Gasteiger partial charge < -0.3 is 24.8 Å². The summed E-state index contributed by atoms with van der Waals surface area (Å²) in [6, 6.07) is 4.73. The van der Waals surface area contributed by atoms with E-state index in [9.17, 15) is 5.11 Å². The monoisotopic (exact) mass is 507 g/mol. The molecule has 0 saturated carbocycles. The first-order valence-electron chi connectivity index (χ1n) is 12.6. The molecular formula is C26H30FN7O3. The molecule has 194 valence electrons. The zero-order valence-corrected chi connectivity index (χ0v) is 21.1. The first-order valence-corrected chi connectivity index (χ1v) is 12.6. The molecule has 11 heteroatoms. The van der Waals surface area contributed by atoms with Crippen molar-refractivity contribution in [1.82, 2.24) is 30.5 Å². The van der Waals surface area contributed by atoms with E-state index in [0.29, 0.717) is 54.0 Å². The Morgan fingerprint density at radius 1 is 1.08 bits per heavy atom. The number of fused-ring (bicyclic) bond motifs is 3. The minimum atomic E-state index is -1.05. The molecule has 0 spiro atoms. The number of benzene rings is 1. The maximum absolute atomic E-state index is 15.6. The lowest BCUT2D eigenvalue weighted by Gasteiger charge is -2.56. The molecule has 2 N–H and O–H groups in total. The number of phenolic OH excluding ortho intramolecular Hbond substituents is 1. The minimum absolute atomic E-state index is 0.0204. The van der Waals surface area contributed by atoms with E-state index in [4.69, 9.17) is 9.47 Å². The van der Waals surface area contributed by atoms with Crippen molar-refractivity contribution in [2.45, 2.75) is 62.8 Å². The van der Waals surface area contributed by atoms with Crippen molar-refractivity contribution in [2.24, 2.45) is 0 Å². The lowest BCUT2D eigenvalue weighted by atomic mass is 9.68. The van der Waals surface area contributed by atoms with Crippen molar-refractivity contribution in [3.05, 3.63) is 30.6 Å². The lowest BCUT2D eigenvalue weighted by Crippen LogP contribution is -2.72. The summed E-state index contributed by atoms with van der Waals surface area (Å²) in [5, 5.41) is 22.9. The number of anilines is 1. The predicted molar refractivity (Wildman–Crippen MR) is 134 cm³/mol. The highest BCUT2D eigenvalue weighted by Crippen LogP contribution is 2.43. The van der Waals surface area contributed by atoms with Gasteiger partial charge in [0.1, 0.15) is 25.1 Å². The number of piperidine rings is 2. The van der Waals surface area contributed by atoms with Gasteiger partial charge in [-0.1, -0.05) is 6.07 Å². The van der Waals surface area contributed by atoms with Crippen LogP contribution in [0.1, 0.15) is 39.5 Å². The zero-order valence-electron chi connectivity index (χ0n) is 21.1. The molecule has 5 heterocycles. The number of aromatic hydroxyl groups is 1. The number of hydrogen-bond acceptors (Lipinski definition) is 10. The number of nitrogens with one attached hydrogen (secondary N) is 1. The van der Waals surface area contributed by atoms with Gasteiger partial charge in [0, 0.05) is 23.7 Å². The second-order valence-corrected chi connectivity index (χ2v) is 10.7. The van der Waals surface area contributed by atoms with Crippen LogP contribution in [0.5, 0.6) is 17.5 Å². The van der Waals surface area contributed by atoms with Gasteiger partial charge in [0.2, 0.25) is 0 Å². The minimum Gasteiger partial charge on any atom is -0.507 e. The van der Waals surface area contributed by atoms with Gasteiger partial charge in [0.25, 0.3) is 11.8 Å². The Morgan fingerprint density at radius 3 is 2.65 bits per heavy atom. The molecule has 2 fully saturated rings. The van der Waals surface area contributed by atoms with E-state index in [1.807, 2.05) is 18.9 Å². The highest BCUT2D eigenvalue weighted by Gasteiger charge is 2.53. The third-order valence-electron chi connectivity index (χ3n) is 7.83. The molecular weight excluding hydrogens is 477 g/mol. The van der Waals surface area contributed by atoms with Crippen LogP contribution in [0, 0.1) is 0 Å². The number of nitrogens with zero attached hydrogens (tertiary/aromatic N) is 6. The second kappa shape index (κ2) is 8.76. The van der Waals surface area contributed by atoms with E-state index in [2.05, 4.69) is 37.4 Å². The van der Waals surface area contributed by atoms with Gasteiger partial charge in [-0.15, -0.1) is 10.2 Å². The van der Waals surface area contributed by atoms with Crippen molar-refractivity contribution in [1.29, 1.82) is 0 Å². The van der Waals surface area contributed by atoms with Gasteiger partial charge in [-0.2, -0.15) is 0 Å². The van der Waals surface area contributed by atoms with Crippen LogP contribution in [0.25, 0.3) is 22.6 Å². The van der Waals surface area contributed by atoms with E-state index >= 15 is 4.39 Å². The van der Waals surface area contributed by atoms with E-state index in [-0.39, 0.29) is 23.2 Å². The van der Waals surface area contributed by atoms with Gasteiger partial charge in [-0.05, 0) is 51.7 Å². The fourth-order valence-electron chi connectivity index (χ4n) is 5.92. The molecule has 1 aromatic carbocycles. The highest BCUT2D eigenvalue weighted by molar-refractivity contribution is 5.71. The first-order chi connectivity index (χ1) is 17.7. The van der Waals surface area contributed by atoms with E-state index in [1.165, 1.54) is 0 Å². The molecule has 37 heavy (non-hydrogen) atoms. The molecule has 10 nitrogen and oxygen atoms in total. The lowest BCUT2D eigenvalue weighted by molar-refractivity contribution is 0.00193. The Kier molecular flexibility index (Phi) is 5.63. The Labute approximate surface area is 214 Å². The summed E-state index contributed by atoms with van der Waals surface area (Å²) in [5.41, 5.74) is 0.958. The Bertz CT molecular complexity index is 1330. The van der Waals surface area contributed by atoms with Crippen LogP contribution in [0.4, 0.5) is 10.2 Å². The average molecular weight is 508 g/mol. The normalized spacial score (nSPS) is 28.5. The molecule has 0 amide bonds. The van der Waals surface area contributed by atoms with Crippen LogP contribution >= 0.6 is 0 Å². The number of alkyl halides is 1. The maximum atomic E-state index is 15.6. The summed E-state index contributed by atoms with van der Waals surface area (Å²) in [7, 11) is 1.84. The third kappa shape index (κ3) is 4.20. The largest absolute Gasteiger partial charge is 0.507 e. The van der Waals surface area contributed by atoms with Crippen molar-refractivity contribution >= 4 is 5.82 Å². The first kappa shape index (κ1) is 23.8. The number of hydrogen-bond donors (Lipinski definition) is 2. The molecule has 6 rings (SSSR count). The molecule has 0 unspecified atom stereocenters. The van der Waals surface area contributed by atoms with Crippen LogP contribution in [0.2, 0.25) is 0 Å². The van der Waals surface area contributed by atoms with Crippen molar-refractivity contribution in [2.75, 3.05) is 25.2 Å². The predicted octanol–water partition coefficient (Wildman–Crippen LogP) is 3.31. The van der Waals surface area contributed by atoms with E-state index in [0.717, 1.165) is 19.3 Å². The van der Waals surface area contributed by atoms with Crippen LogP contribution < -0.4 is 19.7 Å². The molecule has 0 radical (unpaired) electrons. The van der Waals surface area contributed by atoms with Gasteiger partial charge >= 0.3 is 0 Å². The topological polar surface area (TPSA) is 118 Å².